The van der Waals surface area contributed by atoms with Crippen molar-refractivity contribution in [3.8, 4) is 5.75 Å². The maximum atomic E-state index is 14.2. The van der Waals surface area contributed by atoms with E-state index in [2.05, 4.69) is 22.5 Å². The topological polar surface area (TPSA) is 81.1 Å². The molecule has 1 aliphatic rings. The van der Waals surface area contributed by atoms with Crippen LogP contribution in [0.15, 0.2) is 89.2 Å². The van der Waals surface area contributed by atoms with Gasteiger partial charge < -0.3 is 15.4 Å². The van der Waals surface area contributed by atoms with Crippen LogP contribution in [-0.4, -0.2) is 27.3 Å². The highest BCUT2D eigenvalue weighted by atomic mass is 32.2. The number of amides is 1. The third-order valence-corrected chi connectivity index (χ3v) is 7.32. The fraction of sp³-hybridized carbons (Fsp3) is 0.233. The Hall–Kier alpha value is -4.11. The van der Waals surface area contributed by atoms with E-state index < -0.39 is 6.04 Å². The van der Waals surface area contributed by atoms with Crippen LogP contribution in [-0.2, 0) is 10.5 Å². The minimum absolute atomic E-state index is 0.235. The van der Waals surface area contributed by atoms with Gasteiger partial charge in [0.25, 0.3) is 5.91 Å². The molecule has 1 unspecified atom stereocenters. The molecule has 2 heterocycles. The number of hydrogen-bond donors (Lipinski definition) is 2. The largest absolute Gasteiger partial charge is 0.494 e. The zero-order valence-corrected chi connectivity index (χ0v) is 22.9. The van der Waals surface area contributed by atoms with Gasteiger partial charge in [-0.1, -0.05) is 67.2 Å². The number of nitrogens with zero attached hydrogens (tertiary/aromatic N) is 3. The van der Waals surface area contributed by atoms with E-state index in [0.717, 1.165) is 29.0 Å². The molecular weight excluding hydrogens is 513 g/mol. The number of allylic oxidation sites excluding steroid dienone is 1. The van der Waals surface area contributed by atoms with Gasteiger partial charge in [-0.05, 0) is 61.2 Å². The molecule has 1 atom stereocenters. The summed E-state index contributed by atoms with van der Waals surface area (Å²) in [6.45, 7) is 6.47. The molecule has 4 aromatic rings. The van der Waals surface area contributed by atoms with Crippen LogP contribution in [0.3, 0.4) is 0 Å². The molecule has 1 amide bonds. The normalized spacial score (nSPS) is 14.5. The summed E-state index contributed by atoms with van der Waals surface area (Å²) < 4.78 is 21.8. The summed E-state index contributed by atoms with van der Waals surface area (Å²) in [4.78, 5) is 18.5. The number of nitrogens with one attached hydrogen (secondary N) is 2. The number of ether oxygens (including phenoxy) is 1. The molecule has 2 N–H and O–H groups in total. The Kier molecular flexibility index (Phi) is 7.97. The third-order valence-electron chi connectivity index (χ3n) is 6.43. The number of anilines is 2. The van der Waals surface area contributed by atoms with Crippen molar-refractivity contribution in [2.45, 2.75) is 44.1 Å². The molecule has 200 valence electrons. The highest BCUT2D eigenvalue weighted by molar-refractivity contribution is 7.98. The fourth-order valence-corrected chi connectivity index (χ4v) is 5.27. The lowest BCUT2D eigenvalue weighted by Crippen LogP contribution is -2.31. The number of thioether (sulfide) groups is 1. The van der Waals surface area contributed by atoms with Crippen LogP contribution in [0, 0.1) is 12.7 Å². The average Bonchev–Trinajstić information content (AvgIpc) is 3.34. The number of benzene rings is 3. The summed E-state index contributed by atoms with van der Waals surface area (Å²) in [5.41, 5.74) is 4.33. The van der Waals surface area contributed by atoms with Crippen molar-refractivity contribution in [1.29, 1.82) is 0 Å². The van der Waals surface area contributed by atoms with Gasteiger partial charge >= 0.3 is 0 Å². The van der Waals surface area contributed by atoms with Crippen LogP contribution in [0.1, 0.15) is 43.0 Å². The van der Waals surface area contributed by atoms with Gasteiger partial charge in [-0.25, -0.2) is 9.07 Å². The van der Waals surface area contributed by atoms with Crippen molar-refractivity contribution < 1.29 is 13.9 Å². The number of carbonyl (C=O) groups excluding carboxylic acids is 1. The molecule has 9 heteroatoms. The standard InChI is InChI=1S/C30H30FN5O2S/c1-4-16-38-23-13-9-12-21(17-23)27-26(28(37)33-25-15-8-5-10-19(25)2)20(3)32-29-34-30(35-36(27)29)39-18-22-11-6-7-14-24(22)31/h5-15,17,27H,4,16,18H2,1-3H3,(H,33,37)(H,32,34,35). The summed E-state index contributed by atoms with van der Waals surface area (Å²) in [7, 11) is 0. The van der Waals surface area contributed by atoms with Crippen LogP contribution < -0.4 is 15.4 Å². The lowest BCUT2D eigenvalue weighted by Gasteiger charge is -2.29. The Morgan fingerprint density at radius 1 is 1.10 bits per heavy atom. The predicted octanol–water partition coefficient (Wildman–Crippen LogP) is 6.73. The maximum absolute atomic E-state index is 14.2. The molecule has 0 saturated carbocycles. The van der Waals surface area contributed by atoms with Crippen molar-refractivity contribution in [3.05, 3.63) is 107 Å². The third kappa shape index (κ3) is 5.83. The number of carbonyl (C=O) groups is 1. The second-order valence-corrected chi connectivity index (χ2v) is 10.2. The fourth-order valence-electron chi connectivity index (χ4n) is 4.45. The quantitative estimate of drug-likeness (QED) is 0.228. The van der Waals surface area contributed by atoms with E-state index in [1.54, 1.807) is 16.8 Å². The zero-order valence-electron chi connectivity index (χ0n) is 22.1. The minimum atomic E-state index is -0.550. The number of rotatable bonds is 9. The van der Waals surface area contributed by atoms with Crippen LogP contribution in [0.4, 0.5) is 16.0 Å². The first kappa shape index (κ1) is 26.5. The lowest BCUT2D eigenvalue weighted by atomic mass is 9.94. The Labute approximate surface area is 231 Å². The summed E-state index contributed by atoms with van der Waals surface area (Å²) in [6.07, 6.45) is 0.885. The van der Waals surface area contributed by atoms with Gasteiger partial charge in [0.1, 0.15) is 17.6 Å². The zero-order chi connectivity index (χ0) is 27.4. The second-order valence-electron chi connectivity index (χ2n) is 9.30. The first-order chi connectivity index (χ1) is 18.9. The van der Waals surface area contributed by atoms with Gasteiger partial charge in [0.2, 0.25) is 11.1 Å². The van der Waals surface area contributed by atoms with Crippen molar-refractivity contribution in [3.63, 3.8) is 0 Å². The summed E-state index contributed by atoms with van der Waals surface area (Å²) >= 11 is 1.34. The molecule has 0 fully saturated rings. The molecular formula is C30H30FN5O2S. The maximum Gasteiger partial charge on any atom is 0.255 e. The molecule has 1 aliphatic heterocycles. The number of hydrogen-bond acceptors (Lipinski definition) is 6. The highest BCUT2D eigenvalue weighted by Crippen LogP contribution is 2.38. The van der Waals surface area contributed by atoms with Crippen LogP contribution in [0.2, 0.25) is 0 Å². The molecule has 1 aromatic heterocycles. The number of halogens is 1. The molecule has 0 aliphatic carbocycles. The Bertz CT molecular complexity index is 1530. The first-order valence-electron chi connectivity index (χ1n) is 12.8. The van der Waals surface area contributed by atoms with E-state index in [1.807, 2.05) is 68.4 Å². The monoisotopic (exact) mass is 543 g/mol. The minimum Gasteiger partial charge on any atom is -0.494 e. The Morgan fingerprint density at radius 2 is 1.90 bits per heavy atom. The summed E-state index contributed by atoms with van der Waals surface area (Å²) in [5.74, 6) is 1.12. The van der Waals surface area contributed by atoms with E-state index in [-0.39, 0.29) is 11.7 Å². The highest BCUT2D eigenvalue weighted by Gasteiger charge is 2.34. The van der Waals surface area contributed by atoms with Crippen molar-refractivity contribution in [2.24, 2.45) is 0 Å². The van der Waals surface area contributed by atoms with Gasteiger partial charge in [0.15, 0.2) is 0 Å². The summed E-state index contributed by atoms with van der Waals surface area (Å²) in [6, 6.07) is 21.5. The molecule has 3 aromatic carbocycles. The average molecular weight is 544 g/mol. The van der Waals surface area contributed by atoms with E-state index in [4.69, 9.17) is 9.84 Å². The van der Waals surface area contributed by atoms with E-state index in [0.29, 0.717) is 40.3 Å². The molecule has 5 rings (SSSR count). The first-order valence-corrected chi connectivity index (χ1v) is 13.8. The van der Waals surface area contributed by atoms with E-state index in [1.165, 1.54) is 17.8 Å². The smallest absolute Gasteiger partial charge is 0.255 e. The number of para-hydroxylation sites is 1. The Morgan fingerprint density at radius 3 is 2.69 bits per heavy atom. The molecule has 39 heavy (non-hydrogen) atoms. The summed E-state index contributed by atoms with van der Waals surface area (Å²) in [5, 5.41) is 11.6. The van der Waals surface area contributed by atoms with Gasteiger partial charge in [0, 0.05) is 17.1 Å². The molecule has 7 nitrogen and oxygen atoms in total. The predicted molar refractivity (Wildman–Crippen MR) is 152 cm³/mol. The number of fused-ring (bicyclic) bond motifs is 1. The SMILES string of the molecule is CCCOc1cccc(C2C(C(=O)Nc3ccccc3C)=C(C)Nc3nc(SCc4ccccc4F)nn32)c1. The van der Waals surface area contributed by atoms with Crippen molar-refractivity contribution in [1.82, 2.24) is 14.8 Å². The van der Waals surface area contributed by atoms with Gasteiger partial charge in [0.05, 0.1) is 12.2 Å². The lowest BCUT2D eigenvalue weighted by molar-refractivity contribution is -0.113. The number of aryl methyl sites for hydroxylation is 1. The van der Waals surface area contributed by atoms with Crippen LogP contribution in [0.25, 0.3) is 0 Å². The van der Waals surface area contributed by atoms with Crippen LogP contribution >= 0.6 is 11.8 Å². The van der Waals surface area contributed by atoms with Crippen LogP contribution in [0.5, 0.6) is 5.75 Å². The van der Waals surface area contributed by atoms with E-state index in [9.17, 15) is 9.18 Å². The van der Waals surface area contributed by atoms with Crippen molar-refractivity contribution >= 4 is 29.3 Å². The molecule has 0 spiro atoms. The second kappa shape index (κ2) is 11.7. The Balaban J connectivity index is 1.51. The number of aromatic nitrogens is 3. The molecule has 0 radical (unpaired) electrons. The van der Waals surface area contributed by atoms with Gasteiger partial charge in [-0.3, -0.25) is 4.79 Å². The molecule has 0 saturated heterocycles. The van der Waals surface area contributed by atoms with Crippen molar-refractivity contribution in [2.75, 3.05) is 17.2 Å². The van der Waals surface area contributed by atoms with Gasteiger partial charge in [-0.2, -0.15) is 4.98 Å². The molecule has 0 bridgehead atoms. The van der Waals surface area contributed by atoms with E-state index >= 15 is 0 Å². The van der Waals surface area contributed by atoms with Gasteiger partial charge in [-0.15, -0.1) is 5.10 Å².